The second kappa shape index (κ2) is 7.05. The van der Waals surface area contributed by atoms with E-state index in [9.17, 15) is 0 Å². The van der Waals surface area contributed by atoms with Crippen LogP contribution in [-0.2, 0) is 0 Å². The minimum absolute atomic E-state index is 0.363. The van der Waals surface area contributed by atoms with Gasteiger partial charge in [-0.2, -0.15) is 0 Å². The lowest BCUT2D eigenvalue weighted by Gasteiger charge is -2.10. The average Bonchev–Trinajstić information content (AvgIpc) is 3.05. The van der Waals surface area contributed by atoms with Gasteiger partial charge in [-0.3, -0.25) is 0 Å². The first-order valence-corrected chi connectivity index (χ1v) is 9.83. The number of aromatic nitrogens is 1. The summed E-state index contributed by atoms with van der Waals surface area (Å²) < 4.78 is 5.43. The molecule has 3 nitrogen and oxygen atoms in total. The highest BCUT2D eigenvalue weighted by Gasteiger charge is 2.19. The van der Waals surface area contributed by atoms with Crippen molar-refractivity contribution in [3.8, 4) is 28.1 Å². The summed E-state index contributed by atoms with van der Waals surface area (Å²) >= 11 is 1.69. The van der Waals surface area contributed by atoms with Crippen LogP contribution in [0.2, 0.25) is 0 Å². The summed E-state index contributed by atoms with van der Waals surface area (Å²) in [6.07, 6.45) is 0. The number of thiophene rings is 1. The van der Waals surface area contributed by atoms with Gasteiger partial charge in [0.15, 0.2) is 0 Å². The third kappa shape index (κ3) is 3.17. The van der Waals surface area contributed by atoms with E-state index in [0.717, 1.165) is 44.0 Å². The van der Waals surface area contributed by atoms with Crippen molar-refractivity contribution in [3.63, 3.8) is 0 Å². The second-order valence-electron chi connectivity index (χ2n) is 6.87. The van der Waals surface area contributed by atoms with Crippen molar-refractivity contribution in [2.24, 2.45) is 0 Å². The second-order valence-corrected chi connectivity index (χ2v) is 7.90. The number of pyridine rings is 1. The lowest BCUT2D eigenvalue weighted by atomic mass is 9.98. The molecule has 0 fully saturated rings. The van der Waals surface area contributed by atoms with Crippen LogP contribution in [-0.4, -0.2) is 12.1 Å². The fourth-order valence-electron chi connectivity index (χ4n) is 3.34. The van der Waals surface area contributed by atoms with Crippen molar-refractivity contribution < 1.29 is 4.74 Å². The minimum Gasteiger partial charge on any atom is -0.497 e. The normalized spacial score (nSPS) is 11.3. The van der Waals surface area contributed by atoms with Gasteiger partial charge in [0.1, 0.15) is 10.6 Å². The molecule has 0 amide bonds. The van der Waals surface area contributed by atoms with E-state index in [1.807, 2.05) is 30.3 Å². The summed E-state index contributed by atoms with van der Waals surface area (Å²) in [5.41, 5.74) is 11.7. The van der Waals surface area contributed by atoms with Crippen molar-refractivity contribution in [1.29, 1.82) is 0 Å². The molecule has 0 saturated carbocycles. The number of methoxy groups -OCH3 is 1. The molecule has 0 saturated heterocycles. The molecular formula is C23H22N2OS. The highest BCUT2D eigenvalue weighted by Crippen LogP contribution is 2.44. The van der Waals surface area contributed by atoms with Crippen LogP contribution in [0.1, 0.15) is 24.6 Å². The molecule has 2 N–H and O–H groups in total. The summed E-state index contributed by atoms with van der Waals surface area (Å²) in [7, 11) is 1.69. The summed E-state index contributed by atoms with van der Waals surface area (Å²) in [6, 6.07) is 20.5. The van der Waals surface area contributed by atoms with Crippen molar-refractivity contribution in [2.75, 3.05) is 12.8 Å². The lowest BCUT2D eigenvalue weighted by molar-refractivity contribution is 0.415. The molecule has 0 aliphatic carbocycles. The Labute approximate surface area is 163 Å². The van der Waals surface area contributed by atoms with Gasteiger partial charge in [-0.05, 0) is 35.2 Å². The van der Waals surface area contributed by atoms with E-state index in [-0.39, 0.29) is 0 Å². The molecular weight excluding hydrogens is 352 g/mol. The van der Waals surface area contributed by atoms with Crippen LogP contribution >= 0.6 is 11.3 Å². The van der Waals surface area contributed by atoms with Crippen LogP contribution < -0.4 is 10.5 Å². The molecule has 0 spiro atoms. The van der Waals surface area contributed by atoms with Crippen molar-refractivity contribution in [1.82, 2.24) is 4.98 Å². The van der Waals surface area contributed by atoms with E-state index in [4.69, 9.17) is 15.5 Å². The molecule has 2 aromatic carbocycles. The average molecular weight is 375 g/mol. The molecule has 4 heteroatoms. The zero-order valence-electron chi connectivity index (χ0n) is 15.7. The smallest absolute Gasteiger partial charge is 0.127 e. The SMILES string of the molecule is COc1cccc(-c2cc(-c3ccccc3)nc3sc(C(C)C)c(N)c23)c1. The highest BCUT2D eigenvalue weighted by molar-refractivity contribution is 7.19. The predicted molar refractivity (Wildman–Crippen MR) is 116 cm³/mol. The molecule has 2 heterocycles. The largest absolute Gasteiger partial charge is 0.497 e. The third-order valence-corrected chi connectivity index (χ3v) is 6.10. The molecule has 136 valence electrons. The van der Waals surface area contributed by atoms with Gasteiger partial charge in [0.05, 0.1) is 18.5 Å². The maximum atomic E-state index is 6.58. The van der Waals surface area contributed by atoms with Crippen LogP contribution in [0, 0.1) is 0 Å². The Bertz CT molecular complexity index is 1100. The van der Waals surface area contributed by atoms with E-state index in [1.54, 1.807) is 18.4 Å². The van der Waals surface area contributed by atoms with Crippen LogP contribution in [0.15, 0.2) is 60.7 Å². The predicted octanol–water partition coefficient (Wildman–Crippen LogP) is 6.34. The molecule has 4 aromatic rings. The maximum absolute atomic E-state index is 6.58. The summed E-state index contributed by atoms with van der Waals surface area (Å²) in [5, 5.41) is 1.04. The Kier molecular flexibility index (Phi) is 4.58. The number of benzene rings is 2. The van der Waals surface area contributed by atoms with E-state index in [2.05, 4.69) is 44.2 Å². The topological polar surface area (TPSA) is 48.1 Å². The molecule has 4 rings (SSSR count). The zero-order chi connectivity index (χ0) is 19.0. The minimum atomic E-state index is 0.363. The van der Waals surface area contributed by atoms with Gasteiger partial charge in [-0.15, -0.1) is 11.3 Å². The molecule has 0 radical (unpaired) electrons. The van der Waals surface area contributed by atoms with Crippen LogP contribution in [0.5, 0.6) is 5.75 Å². The van der Waals surface area contributed by atoms with Crippen molar-refractivity contribution in [2.45, 2.75) is 19.8 Å². The van der Waals surface area contributed by atoms with Gasteiger partial charge in [-0.25, -0.2) is 4.98 Å². The maximum Gasteiger partial charge on any atom is 0.127 e. The number of rotatable bonds is 4. The van der Waals surface area contributed by atoms with Crippen LogP contribution in [0.3, 0.4) is 0 Å². The van der Waals surface area contributed by atoms with Crippen LogP contribution in [0.25, 0.3) is 32.6 Å². The molecule has 2 aromatic heterocycles. The van der Waals surface area contributed by atoms with Gasteiger partial charge in [0, 0.05) is 15.8 Å². The van der Waals surface area contributed by atoms with E-state index in [1.165, 1.54) is 4.88 Å². The van der Waals surface area contributed by atoms with Gasteiger partial charge < -0.3 is 10.5 Å². The summed E-state index contributed by atoms with van der Waals surface area (Å²) in [5.74, 6) is 1.19. The monoisotopic (exact) mass is 374 g/mol. The number of nitrogens with two attached hydrogens (primary N) is 1. The Balaban J connectivity index is 2.04. The van der Waals surface area contributed by atoms with Gasteiger partial charge >= 0.3 is 0 Å². The molecule has 0 aliphatic rings. The number of nitrogens with zero attached hydrogens (tertiary/aromatic N) is 1. The van der Waals surface area contributed by atoms with Crippen molar-refractivity contribution in [3.05, 3.63) is 65.5 Å². The first-order valence-electron chi connectivity index (χ1n) is 9.01. The molecule has 0 atom stereocenters. The molecule has 27 heavy (non-hydrogen) atoms. The Morgan fingerprint density at radius 1 is 0.963 bits per heavy atom. The van der Waals surface area contributed by atoms with E-state index in [0.29, 0.717) is 5.92 Å². The van der Waals surface area contributed by atoms with E-state index < -0.39 is 0 Å². The first kappa shape index (κ1) is 17.6. The summed E-state index contributed by atoms with van der Waals surface area (Å²) in [4.78, 5) is 7.11. The Morgan fingerprint density at radius 2 is 1.70 bits per heavy atom. The molecule has 0 aliphatic heterocycles. The number of hydrogen-bond donors (Lipinski definition) is 1. The standard InChI is InChI=1S/C23H22N2OS/c1-14(2)22-21(24)20-18(16-10-7-11-17(12-16)26-3)13-19(25-23(20)27-22)15-8-5-4-6-9-15/h4-14H,24H2,1-3H3. The quantitative estimate of drug-likeness (QED) is 0.453. The Morgan fingerprint density at radius 3 is 2.41 bits per heavy atom. The van der Waals surface area contributed by atoms with Crippen LogP contribution in [0.4, 0.5) is 5.69 Å². The zero-order valence-corrected chi connectivity index (χ0v) is 16.5. The fourth-order valence-corrected chi connectivity index (χ4v) is 4.46. The van der Waals surface area contributed by atoms with Gasteiger partial charge in [-0.1, -0.05) is 56.3 Å². The van der Waals surface area contributed by atoms with E-state index >= 15 is 0 Å². The fraction of sp³-hybridized carbons (Fsp3) is 0.174. The number of ether oxygens (including phenoxy) is 1. The van der Waals surface area contributed by atoms with Gasteiger partial charge in [0.25, 0.3) is 0 Å². The first-order chi connectivity index (χ1) is 13.1. The number of fused-ring (bicyclic) bond motifs is 1. The number of anilines is 1. The van der Waals surface area contributed by atoms with Crippen molar-refractivity contribution >= 4 is 27.2 Å². The molecule has 0 bridgehead atoms. The van der Waals surface area contributed by atoms with Gasteiger partial charge in [0.2, 0.25) is 0 Å². The summed E-state index contributed by atoms with van der Waals surface area (Å²) in [6.45, 7) is 4.34. The molecule has 0 unspecified atom stereocenters. The number of nitrogen functional groups attached to an aromatic ring is 1. The third-order valence-electron chi connectivity index (χ3n) is 4.70. The number of hydrogen-bond acceptors (Lipinski definition) is 4. The lowest BCUT2D eigenvalue weighted by Crippen LogP contribution is -1.93. The Hall–Kier alpha value is -2.85. The highest BCUT2D eigenvalue weighted by atomic mass is 32.1.